The van der Waals surface area contributed by atoms with Gasteiger partial charge >= 0.3 is 0 Å². The Hall–Kier alpha value is -3.40. The van der Waals surface area contributed by atoms with Crippen LogP contribution in [0, 0.1) is 25.2 Å². The summed E-state index contributed by atoms with van der Waals surface area (Å²) >= 11 is 0. The molecule has 0 fully saturated rings. The third-order valence-electron chi connectivity index (χ3n) is 5.22. The molecule has 28 heavy (non-hydrogen) atoms. The third-order valence-corrected chi connectivity index (χ3v) is 5.22. The van der Waals surface area contributed by atoms with Crippen molar-refractivity contribution in [3.8, 4) is 11.8 Å². The first kappa shape index (κ1) is 18.0. The predicted octanol–water partition coefficient (Wildman–Crippen LogP) is 2.79. The Kier molecular flexibility index (Phi) is 4.70. The van der Waals surface area contributed by atoms with Crippen LogP contribution in [0.2, 0.25) is 0 Å². The second-order valence-electron chi connectivity index (χ2n) is 6.96. The first-order valence-electron chi connectivity index (χ1n) is 9.33. The minimum Gasteiger partial charge on any atom is -0.493 e. The number of para-hydroxylation sites is 1. The summed E-state index contributed by atoms with van der Waals surface area (Å²) in [5.74, 6) is 0.839. The number of amides is 1. The van der Waals surface area contributed by atoms with Gasteiger partial charge in [-0.3, -0.25) is 4.79 Å². The highest BCUT2D eigenvalue weighted by molar-refractivity contribution is 5.77. The molecule has 0 bridgehead atoms. The molecule has 1 atom stereocenters. The van der Waals surface area contributed by atoms with E-state index >= 15 is 0 Å². The molecule has 142 valence electrons. The smallest absolute Gasteiger partial charge is 0.220 e. The minimum atomic E-state index is -0.0236. The van der Waals surface area contributed by atoms with E-state index in [1.165, 1.54) is 6.20 Å². The van der Waals surface area contributed by atoms with Crippen LogP contribution in [0.5, 0.6) is 5.75 Å². The Morgan fingerprint density at radius 2 is 2.21 bits per heavy atom. The molecular formula is C21H21N5O2. The zero-order chi connectivity index (χ0) is 19.7. The summed E-state index contributed by atoms with van der Waals surface area (Å²) in [6.45, 7) is 4.45. The Labute approximate surface area is 163 Å². The van der Waals surface area contributed by atoms with Crippen LogP contribution in [0.1, 0.15) is 47.0 Å². The van der Waals surface area contributed by atoms with Gasteiger partial charge in [-0.05, 0) is 31.9 Å². The van der Waals surface area contributed by atoms with E-state index in [9.17, 15) is 10.1 Å². The van der Waals surface area contributed by atoms with Crippen LogP contribution in [0.15, 0.2) is 30.5 Å². The molecule has 0 spiro atoms. The van der Waals surface area contributed by atoms with Crippen molar-refractivity contribution in [2.24, 2.45) is 0 Å². The summed E-state index contributed by atoms with van der Waals surface area (Å²) in [4.78, 5) is 17.1. The number of fused-ring (bicyclic) bond motifs is 2. The zero-order valence-electron chi connectivity index (χ0n) is 15.9. The van der Waals surface area contributed by atoms with Gasteiger partial charge in [-0.25, -0.2) is 9.50 Å². The van der Waals surface area contributed by atoms with E-state index in [2.05, 4.69) is 21.5 Å². The van der Waals surface area contributed by atoms with Crippen LogP contribution in [0.3, 0.4) is 0 Å². The van der Waals surface area contributed by atoms with E-state index < -0.39 is 0 Å². The number of carbonyl (C=O) groups excluding carboxylic acids is 1. The highest BCUT2D eigenvalue weighted by atomic mass is 16.5. The summed E-state index contributed by atoms with van der Waals surface area (Å²) in [5.41, 5.74) is 4.76. The lowest BCUT2D eigenvalue weighted by molar-refractivity contribution is -0.122. The van der Waals surface area contributed by atoms with Gasteiger partial charge in [0.25, 0.3) is 0 Å². The Bertz CT molecular complexity index is 1100. The normalized spacial score (nSPS) is 15.5. The largest absolute Gasteiger partial charge is 0.493 e. The summed E-state index contributed by atoms with van der Waals surface area (Å²) in [6, 6.07) is 9.90. The van der Waals surface area contributed by atoms with E-state index in [0.717, 1.165) is 34.7 Å². The van der Waals surface area contributed by atoms with Crippen molar-refractivity contribution in [2.75, 3.05) is 6.61 Å². The number of benzene rings is 1. The summed E-state index contributed by atoms with van der Waals surface area (Å²) in [5, 5.41) is 16.6. The molecular weight excluding hydrogens is 354 g/mol. The molecule has 1 aromatic carbocycles. The van der Waals surface area contributed by atoms with Crippen molar-refractivity contribution in [1.82, 2.24) is 19.9 Å². The number of nitrogens with zero attached hydrogens (tertiary/aromatic N) is 4. The first-order chi connectivity index (χ1) is 13.6. The number of hydrogen-bond acceptors (Lipinski definition) is 5. The predicted molar refractivity (Wildman–Crippen MR) is 103 cm³/mol. The van der Waals surface area contributed by atoms with Gasteiger partial charge in [-0.1, -0.05) is 18.2 Å². The fourth-order valence-electron chi connectivity index (χ4n) is 3.75. The molecule has 4 rings (SSSR count). The lowest BCUT2D eigenvalue weighted by atomic mass is 10.00. The number of carbonyl (C=O) groups is 1. The maximum atomic E-state index is 12.6. The topological polar surface area (TPSA) is 92.3 Å². The fraction of sp³-hybridized carbons (Fsp3) is 0.333. The average molecular weight is 375 g/mol. The molecule has 1 aliphatic rings. The van der Waals surface area contributed by atoms with Crippen molar-refractivity contribution in [1.29, 1.82) is 5.26 Å². The Morgan fingerprint density at radius 1 is 1.39 bits per heavy atom. The number of aromatic nitrogens is 3. The minimum absolute atomic E-state index is 0.00113. The van der Waals surface area contributed by atoms with Crippen molar-refractivity contribution in [3.05, 3.63) is 58.5 Å². The second-order valence-corrected chi connectivity index (χ2v) is 6.96. The molecule has 0 unspecified atom stereocenters. The average Bonchev–Trinajstić information content (AvgIpc) is 3.11. The standard InChI is InChI=1S/C21H21N5O2/c1-13-16(14(2)26-21(24-13)15(11-22)12-23-26)7-8-20(27)25-18-9-10-28-19-6-4-3-5-17(18)19/h3-6,12,18H,7-10H2,1-2H3,(H,25,27)/t18-/m0/s1. The molecule has 7 heteroatoms. The van der Waals surface area contributed by atoms with Crippen LogP contribution in [0.25, 0.3) is 5.65 Å². The maximum Gasteiger partial charge on any atom is 0.220 e. The molecule has 3 heterocycles. The Balaban J connectivity index is 1.48. The van der Waals surface area contributed by atoms with E-state index in [1.54, 1.807) is 4.52 Å². The van der Waals surface area contributed by atoms with Crippen LogP contribution in [-0.2, 0) is 11.2 Å². The summed E-state index contributed by atoms with van der Waals surface area (Å²) in [7, 11) is 0. The third kappa shape index (κ3) is 3.18. The monoisotopic (exact) mass is 375 g/mol. The van der Waals surface area contributed by atoms with Crippen molar-refractivity contribution >= 4 is 11.6 Å². The molecule has 2 aromatic heterocycles. The van der Waals surface area contributed by atoms with Gasteiger partial charge in [0.15, 0.2) is 5.65 Å². The molecule has 0 aliphatic carbocycles. The number of hydrogen-bond donors (Lipinski definition) is 1. The van der Waals surface area contributed by atoms with Crippen molar-refractivity contribution < 1.29 is 9.53 Å². The number of nitrogens with one attached hydrogen (secondary N) is 1. The fourth-order valence-corrected chi connectivity index (χ4v) is 3.75. The Morgan fingerprint density at radius 3 is 3.04 bits per heavy atom. The number of rotatable bonds is 4. The molecule has 7 nitrogen and oxygen atoms in total. The van der Waals surface area contributed by atoms with Crippen LogP contribution in [-0.4, -0.2) is 27.1 Å². The second kappa shape index (κ2) is 7.31. The van der Waals surface area contributed by atoms with Gasteiger partial charge < -0.3 is 10.1 Å². The van der Waals surface area contributed by atoms with Gasteiger partial charge in [0, 0.05) is 29.8 Å². The van der Waals surface area contributed by atoms with E-state index in [-0.39, 0.29) is 11.9 Å². The highest BCUT2D eigenvalue weighted by Gasteiger charge is 2.23. The van der Waals surface area contributed by atoms with Gasteiger partial charge in [0.05, 0.1) is 18.8 Å². The molecule has 0 saturated carbocycles. The van der Waals surface area contributed by atoms with Gasteiger partial charge in [-0.15, -0.1) is 0 Å². The van der Waals surface area contributed by atoms with Gasteiger partial charge in [-0.2, -0.15) is 10.4 Å². The molecule has 0 saturated heterocycles. The molecule has 1 aliphatic heterocycles. The van der Waals surface area contributed by atoms with E-state index in [0.29, 0.717) is 30.7 Å². The first-order valence-corrected chi connectivity index (χ1v) is 9.33. The quantitative estimate of drug-likeness (QED) is 0.757. The lowest BCUT2D eigenvalue weighted by Crippen LogP contribution is -2.32. The van der Waals surface area contributed by atoms with E-state index in [4.69, 9.17) is 4.74 Å². The highest BCUT2D eigenvalue weighted by Crippen LogP contribution is 2.31. The lowest BCUT2D eigenvalue weighted by Gasteiger charge is -2.26. The van der Waals surface area contributed by atoms with Crippen molar-refractivity contribution in [3.63, 3.8) is 0 Å². The molecule has 3 aromatic rings. The van der Waals surface area contributed by atoms with Crippen molar-refractivity contribution in [2.45, 2.75) is 39.2 Å². The van der Waals surface area contributed by atoms with Crippen LogP contribution >= 0.6 is 0 Å². The molecule has 1 N–H and O–H groups in total. The number of ether oxygens (including phenoxy) is 1. The molecule has 1 amide bonds. The number of nitriles is 1. The summed E-state index contributed by atoms with van der Waals surface area (Å²) < 4.78 is 7.33. The van der Waals surface area contributed by atoms with Crippen LogP contribution in [0.4, 0.5) is 0 Å². The maximum absolute atomic E-state index is 12.6. The summed E-state index contributed by atoms with van der Waals surface area (Å²) in [6.07, 6.45) is 3.21. The van der Waals surface area contributed by atoms with Crippen LogP contribution < -0.4 is 10.1 Å². The zero-order valence-corrected chi connectivity index (χ0v) is 15.9. The van der Waals surface area contributed by atoms with E-state index in [1.807, 2.05) is 38.1 Å². The van der Waals surface area contributed by atoms with Gasteiger partial charge in [0.1, 0.15) is 17.4 Å². The van der Waals surface area contributed by atoms with Gasteiger partial charge in [0.2, 0.25) is 5.91 Å². The molecule has 0 radical (unpaired) electrons. The SMILES string of the molecule is Cc1nc2c(C#N)cnn2c(C)c1CCC(=O)N[C@H]1CCOc2ccccc21. The number of aryl methyl sites for hydroxylation is 2.